The molecule has 1 fully saturated rings. The molecule has 2 aliphatic heterocycles. The van der Waals surface area contributed by atoms with Crippen molar-refractivity contribution in [2.75, 3.05) is 43.2 Å². The van der Waals surface area contributed by atoms with Gasteiger partial charge in [-0.05, 0) is 42.2 Å². The van der Waals surface area contributed by atoms with E-state index < -0.39 is 0 Å². The second-order valence-corrected chi connectivity index (χ2v) is 10.1. The topological polar surface area (TPSA) is 41.5 Å². The first-order valence-electron chi connectivity index (χ1n) is 12.0. The van der Waals surface area contributed by atoms with E-state index in [0.717, 1.165) is 50.8 Å². The van der Waals surface area contributed by atoms with Crippen molar-refractivity contribution in [1.29, 1.82) is 0 Å². The highest BCUT2D eigenvalue weighted by atomic mass is 16.5. The van der Waals surface area contributed by atoms with Gasteiger partial charge in [-0.25, -0.2) is 9.97 Å². The average molecular weight is 443 g/mol. The lowest BCUT2D eigenvalue weighted by Crippen LogP contribution is -2.49. The van der Waals surface area contributed by atoms with Gasteiger partial charge in [-0.2, -0.15) is 0 Å². The first-order chi connectivity index (χ1) is 15.9. The van der Waals surface area contributed by atoms with Crippen molar-refractivity contribution >= 4 is 11.6 Å². The normalized spacial score (nSPS) is 16.5. The fraction of sp³-hybridized carbons (Fsp3) is 0.429. The predicted octanol–water partition coefficient (Wildman–Crippen LogP) is 4.76. The molecule has 0 spiro atoms. The quantitative estimate of drug-likeness (QED) is 0.551. The van der Waals surface area contributed by atoms with Crippen LogP contribution in [0.5, 0.6) is 0 Å². The van der Waals surface area contributed by atoms with Crippen molar-refractivity contribution in [3.05, 3.63) is 82.7 Å². The number of benzene rings is 2. The number of methoxy groups -OCH3 is 1. The summed E-state index contributed by atoms with van der Waals surface area (Å²) in [6, 6.07) is 18.0. The molecule has 3 aromatic rings. The summed E-state index contributed by atoms with van der Waals surface area (Å²) in [6.45, 7) is 11.3. The van der Waals surface area contributed by atoms with Gasteiger partial charge in [-0.15, -0.1) is 0 Å². The fourth-order valence-electron chi connectivity index (χ4n) is 4.97. The van der Waals surface area contributed by atoms with Crippen LogP contribution in [-0.2, 0) is 23.1 Å². The summed E-state index contributed by atoms with van der Waals surface area (Å²) in [5, 5.41) is 0. The van der Waals surface area contributed by atoms with Gasteiger partial charge >= 0.3 is 0 Å². The maximum atomic E-state index is 5.27. The Morgan fingerprint density at radius 1 is 0.970 bits per heavy atom. The molecule has 0 bridgehead atoms. The lowest BCUT2D eigenvalue weighted by Gasteiger charge is -2.39. The Morgan fingerprint density at radius 3 is 2.30 bits per heavy atom. The molecule has 0 unspecified atom stereocenters. The largest absolute Gasteiger partial charge is 0.384 e. The summed E-state index contributed by atoms with van der Waals surface area (Å²) in [4.78, 5) is 14.3. The summed E-state index contributed by atoms with van der Waals surface area (Å²) in [6.07, 6.45) is 3.02. The van der Waals surface area contributed by atoms with Crippen LogP contribution < -0.4 is 9.80 Å². The summed E-state index contributed by atoms with van der Waals surface area (Å²) in [5.74, 6) is 1.45. The Bertz CT molecular complexity index is 1100. The Hall–Kier alpha value is -2.92. The predicted molar refractivity (Wildman–Crippen MR) is 134 cm³/mol. The van der Waals surface area contributed by atoms with Crippen LogP contribution in [0.25, 0.3) is 0 Å². The van der Waals surface area contributed by atoms with E-state index >= 15 is 0 Å². The summed E-state index contributed by atoms with van der Waals surface area (Å²) in [7, 11) is 1.77. The van der Waals surface area contributed by atoms with Crippen LogP contribution in [0.3, 0.4) is 0 Å². The molecule has 0 radical (unpaired) electrons. The zero-order valence-corrected chi connectivity index (χ0v) is 20.2. The molecular weight excluding hydrogens is 408 g/mol. The van der Waals surface area contributed by atoms with Gasteiger partial charge in [0.15, 0.2) is 0 Å². The molecule has 5 rings (SSSR count). The van der Waals surface area contributed by atoms with E-state index in [1.807, 2.05) is 6.20 Å². The highest BCUT2D eigenvalue weighted by molar-refractivity contribution is 5.52. The zero-order valence-electron chi connectivity index (χ0n) is 20.2. The zero-order chi connectivity index (χ0) is 23.0. The van der Waals surface area contributed by atoms with Crippen LogP contribution >= 0.6 is 0 Å². The molecule has 0 N–H and O–H groups in total. The second-order valence-electron chi connectivity index (χ2n) is 10.1. The molecule has 2 aromatic carbocycles. The number of anilines is 2. The highest BCUT2D eigenvalue weighted by Crippen LogP contribution is 2.33. The molecule has 172 valence electrons. The minimum atomic E-state index is -0.0270. The van der Waals surface area contributed by atoms with Crippen LogP contribution in [0.2, 0.25) is 0 Å². The fourth-order valence-corrected chi connectivity index (χ4v) is 4.97. The minimum Gasteiger partial charge on any atom is -0.384 e. The van der Waals surface area contributed by atoms with Gasteiger partial charge in [0, 0.05) is 50.0 Å². The smallest absolute Gasteiger partial charge is 0.225 e. The van der Waals surface area contributed by atoms with Crippen LogP contribution in [0.1, 0.15) is 41.8 Å². The van der Waals surface area contributed by atoms with Crippen molar-refractivity contribution in [3.8, 4) is 0 Å². The molecule has 0 amide bonds. The maximum Gasteiger partial charge on any atom is 0.225 e. The maximum absolute atomic E-state index is 5.27. The van der Waals surface area contributed by atoms with E-state index in [0.29, 0.717) is 5.92 Å². The van der Waals surface area contributed by atoms with Crippen molar-refractivity contribution in [2.24, 2.45) is 5.92 Å². The third-order valence-corrected chi connectivity index (χ3v) is 7.30. The van der Waals surface area contributed by atoms with Crippen LogP contribution in [0.15, 0.2) is 54.7 Å². The van der Waals surface area contributed by atoms with Crippen molar-refractivity contribution < 1.29 is 4.74 Å². The van der Waals surface area contributed by atoms with E-state index in [-0.39, 0.29) is 5.41 Å². The van der Waals surface area contributed by atoms with Crippen molar-refractivity contribution in [1.82, 2.24) is 9.97 Å². The highest BCUT2D eigenvalue weighted by Gasteiger charge is 2.30. The van der Waals surface area contributed by atoms with E-state index in [1.165, 1.54) is 27.9 Å². The van der Waals surface area contributed by atoms with Crippen LogP contribution in [0, 0.1) is 12.8 Å². The lowest BCUT2D eigenvalue weighted by molar-refractivity contribution is 0.136. The van der Waals surface area contributed by atoms with Gasteiger partial charge in [0.05, 0.1) is 18.8 Å². The SMILES string of the molecule is COCC1CN(c2ncc3c(n2)CN(c2ccc(C(C)(C)c4ccc(C)cc4)cc2)CC3)C1. The van der Waals surface area contributed by atoms with Crippen LogP contribution in [0.4, 0.5) is 11.6 Å². The second kappa shape index (κ2) is 8.79. The Morgan fingerprint density at radius 2 is 1.64 bits per heavy atom. The van der Waals surface area contributed by atoms with Gasteiger partial charge in [-0.1, -0.05) is 55.8 Å². The third-order valence-electron chi connectivity index (χ3n) is 7.30. The van der Waals surface area contributed by atoms with E-state index in [4.69, 9.17) is 9.72 Å². The number of hydrogen-bond acceptors (Lipinski definition) is 5. The van der Waals surface area contributed by atoms with Gasteiger partial charge in [0.25, 0.3) is 0 Å². The molecule has 3 heterocycles. The lowest BCUT2D eigenvalue weighted by atomic mass is 9.78. The number of fused-ring (bicyclic) bond motifs is 1. The molecule has 5 heteroatoms. The first-order valence-corrected chi connectivity index (χ1v) is 12.0. The Balaban J connectivity index is 1.29. The molecule has 33 heavy (non-hydrogen) atoms. The standard InChI is InChI=1S/C28H34N4O/c1-20-5-7-23(8-6-20)28(2,3)24-9-11-25(12-10-24)31-14-13-22-15-29-27(30-26(22)18-31)32-16-21(17-32)19-33-4/h5-12,15,21H,13-14,16-19H2,1-4H3. The molecule has 1 aromatic heterocycles. The number of aromatic nitrogens is 2. The third kappa shape index (κ3) is 4.34. The summed E-state index contributed by atoms with van der Waals surface area (Å²) < 4.78 is 5.27. The number of nitrogens with zero attached hydrogens (tertiary/aromatic N) is 4. The Kier molecular flexibility index (Phi) is 5.83. The molecule has 0 saturated carbocycles. The van der Waals surface area contributed by atoms with Crippen molar-refractivity contribution in [3.63, 3.8) is 0 Å². The first kappa shape index (κ1) is 21.9. The van der Waals surface area contributed by atoms with E-state index in [2.05, 4.69) is 84.1 Å². The van der Waals surface area contributed by atoms with Crippen LogP contribution in [-0.4, -0.2) is 43.3 Å². The van der Waals surface area contributed by atoms with E-state index in [1.54, 1.807) is 7.11 Å². The average Bonchev–Trinajstić information content (AvgIpc) is 2.81. The molecule has 5 nitrogen and oxygen atoms in total. The summed E-state index contributed by atoms with van der Waals surface area (Å²) >= 11 is 0. The number of ether oxygens (including phenoxy) is 1. The van der Waals surface area contributed by atoms with E-state index in [9.17, 15) is 0 Å². The minimum absolute atomic E-state index is 0.0270. The van der Waals surface area contributed by atoms with Gasteiger partial charge in [0.1, 0.15) is 0 Å². The van der Waals surface area contributed by atoms with Gasteiger partial charge in [0.2, 0.25) is 5.95 Å². The molecule has 0 atom stereocenters. The molecular formula is C28H34N4O. The monoisotopic (exact) mass is 442 g/mol. The number of hydrogen-bond donors (Lipinski definition) is 0. The number of rotatable bonds is 6. The molecule has 1 saturated heterocycles. The summed E-state index contributed by atoms with van der Waals surface area (Å²) in [5.41, 5.74) is 7.64. The van der Waals surface area contributed by atoms with Gasteiger partial charge in [-0.3, -0.25) is 0 Å². The Labute approximate surface area is 197 Å². The number of aryl methyl sites for hydroxylation is 1. The van der Waals surface area contributed by atoms with Gasteiger partial charge < -0.3 is 14.5 Å². The van der Waals surface area contributed by atoms with Crippen molar-refractivity contribution in [2.45, 2.75) is 39.2 Å². The molecule has 2 aliphatic rings. The molecule has 0 aliphatic carbocycles.